The van der Waals surface area contributed by atoms with E-state index in [2.05, 4.69) is 25.7 Å². The Morgan fingerprint density at radius 1 is 1.18 bits per heavy atom. The molecule has 0 aromatic heterocycles. The lowest BCUT2D eigenvalue weighted by Crippen LogP contribution is -2.47. The third kappa shape index (κ3) is 3.45. The van der Waals surface area contributed by atoms with Crippen molar-refractivity contribution in [1.82, 2.24) is 4.90 Å². The summed E-state index contributed by atoms with van der Waals surface area (Å²) in [4.78, 5) is 2.75. The van der Waals surface area contributed by atoms with Gasteiger partial charge in [0.2, 0.25) is 0 Å². The van der Waals surface area contributed by atoms with Crippen molar-refractivity contribution in [3.05, 3.63) is 0 Å². The van der Waals surface area contributed by atoms with E-state index in [1.54, 1.807) is 0 Å². The first-order chi connectivity index (χ1) is 8.00. The monoisotopic (exact) mass is 238 g/mol. The van der Waals surface area contributed by atoms with E-state index in [-0.39, 0.29) is 0 Å². The van der Waals surface area contributed by atoms with E-state index in [1.165, 1.54) is 45.2 Å². The summed E-state index contributed by atoms with van der Waals surface area (Å²) in [5.41, 5.74) is 6.32. The van der Waals surface area contributed by atoms with Crippen LogP contribution in [0.4, 0.5) is 0 Å². The standard InChI is InChI=1S/C15H30N2/c1-12-8-14(10-15(2,3)9-12)17-6-4-13(11-16)5-7-17/h12-14H,4-11,16H2,1-3H3/t12-,14-/m0/s1. The lowest BCUT2D eigenvalue weighted by molar-refractivity contribution is 0.0453. The molecule has 2 atom stereocenters. The fourth-order valence-corrected chi connectivity index (χ4v) is 4.13. The second-order valence-electron chi connectivity index (χ2n) is 7.28. The van der Waals surface area contributed by atoms with Crippen molar-refractivity contribution in [3.63, 3.8) is 0 Å². The molecule has 17 heavy (non-hydrogen) atoms. The Balaban J connectivity index is 1.90. The van der Waals surface area contributed by atoms with Gasteiger partial charge in [-0.1, -0.05) is 20.8 Å². The molecule has 1 aliphatic carbocycles. The fourth-order valence-electron chi connectivity index (χ4n) is 4.13. The second-order valence-corrected chi connectivity index (χ2v) is 7.28. The maximum absolute atomic E-state index is 5.77. The van der Waals surface area contributed by atoms with Gasteiger partial charge in [-0.25, -0.2) is 0 Å². The molecule has 1 aliphatic heterocycles. The molecular weight excluding hydrogens is 208 g/mol. The third-order valence-electron chi connectivity index (χ3n) is 4.86. The van der Waals surface area contributed by atoms with Gasteiger partial charge in [0.15, 0.2) is 0 Å². The first-order valence-electron chi connectivity index (χ1n) is 7.44. The van der Waals surface area contributed by atoms with Crippen LogP contribution in [0.3, 0.4) is 0 Å². The fraction of sp³-hybridized carbons (Fsp3) is 1.00. The lowest BCUT2D eigenvalue weighted by Gasteiger charge is -2.46. The molecule has 100 valence electrons. The molecule has 2 nitrogen and oxygen atoms in total. The highest BCUT2D eigenvalue weighted by Gasteiger charge is 2.35. The molecule has 0 spiro atoms. The van der Waals surface area contributed by atoms with E-state index in [0.29, 0.717) is 5.41 Å². The van der Waals surface area contributed by atoms with Crippen LogP contribution in [0.1, 0.15) is 52.9 Å². The Kier molecular flexibility index (Phi) is 4.14. The highest BCUT2D eigenvalue weighted by molar-refractivity contribution is 4.89. The van der Waals surface area contributed by atoms with Crippen LogP contribution in [0, 0.1) is 17.3 Å². The summed E-state index contributed by atoms with van der Waals surface area (Å²) < 4.78 is 0. The quantitative estimate of drug-likeness (QED) is 0.801. The topological polar surface area (TPSA) is 29.3 Å². The zero-order chi connectivity index (χ0) is 12.5. The molecular formula is C15H30N2. The molecule has 1 heterocycles. The summed E-state index contributed by atoms with van der Waals surface area (Å²) in [5, 5.41) is 0. The Morgan fingerprint density at radius 3 is 2.35 bits per heavy atom. The summed E-state index contributed by atoms with van der Waals surface area (Å²) in [6.07, 6.45) is 6.85. The minimum atomic E-state index is 0.549. The molecule has 1 saturated carbocycles. The van der Waals surface area contributed by atoms with Crippen LogP contribution in [0.2, 0.25) is 0 Å². The molecule has 2 heteroatoms. The zero-order valence-electron chi connectivity index (χ0n) is 11.9. The van der Waals surface area contributed by atoms with Gasteiger partial charge >= 0.3 is 0 Å². The van der Waals surface area contributed by atoms with Crippen LogP contribution in [-0.4, -0.2) is 30.6 Å². The maximum Gasteiger partial charge on any atom is 0.0103 e. The van der Waals surface area contributed by atoms with Crippen molar-refractivity contribution in [2.75, 3.05) is 19.6 Å². The molecule has 0 unspecified atom stereocenters. The summed E-state index contributed by atoms with van der Waals surface area (Å²) in [7, 11) is 0. The maximum atomic E-state index is 5.77. The molecule has 2 N–H and O–H groups in total. The van der Waals surface area contributed by atoms with Crippen LogP contribution in [-0.2, 0) is 0 Å². The van der Waals surface area contributed by atoms with E-state index in [0.717, 1.165) is 24.4 Å². The van der Waals surface area contributed by atoms with Gasteiger partial charge in [-0.3, -0.25) is 0 Å². The van der Waals surface area contributed by atoms with Gasteiger partial charge in [0.1, 0.15) is 0 Å². The minimum absolute atomic E-state index is 0.549. The predicted octanol–water partition coefficient (Wildman–Crippen LogP) is 2.87. The van der Waals surface area contributed by atoms with Gasteiger partial charge in [0, 0.05) is 6.04 Å². The number of hydrogen-bond donors (Lipinski definition) is 1. The summed E-state index contributed by atoms with van der Waals surface area (Å²) in [6.45, 7) is 10.8. The van der Waals surface area contributed by atoms with Gasteiger partial charge < -0.3 is 10.6 Å². The number of nitrogens with two attached hydrogens (primary N) is 1. The molecule has 2 fully saturated rings. The number of piperidine rings is 1. The predicted molar refractivity (Wildman–Crippen MR) is 73.9 cm³/mol. The molecule has 0 amide bonds. The van der Waals surface area contributed by atoms with Crippen LogP contribution < -0.4 is 5.73 Å². The number of hydrogen-bond acceptors (Lipinski definition) is 2. The lowest BCUT2D eigenvalue weighted by atomic mass is 9.70. The van der Waals surface area contributed by atoms with Crippen molar-refractivity contribution in [1.29, 1.82) is 0 Å². The zero-order valence-corrected chi connectivity index (χ0v) is 11.9. The Hall–Kier alpha value is -0.0800. The average Bonchev–Trinajstić information content (AvgIpc) is 2.26. The molecule has 0 aromatic rings. The second kappa shape index (κ2) is 5.27. The molecule has 2 aliphatic rings. The van der Waals surface area contributed by atoms with Gasteiger partial charge in [-0.15, -0.1) is 0 Å². The van der Waals surface area contributed by atoms with E-state index < -0.39 is 0 Å². The molecule has 0 aromatic carbocycles. The van der Waals surface area contributed by atoms with Gasteiger partial charge in [-0.2, -0.15) is 0 Å². The molecule has 1 saturated heterocycles. The van der Waals surface area contributed by atoms with E-state index in [9.17, 15) is 0 Å². The third-order valence-corrected chi connectivity index (χ3v) is 4.86. The first-order valence-corrected chi connectivity index (χ1v) is 7.44. The van der Waals surface area contributed by atoms with E-state index in [4.69, 9.17) is 5.73 Å². The van der Waals surface area contributed by atoms with Gasteiger partial charge in [0.05, 0.1) is 0 Å². The SMILES string of the molecule is C[C@H]1C[C@H](N2CCC(CN)CC2)CC(C)(C)C1. The smallest absolute Gasteiger partial charge is 0.0103 e. The Labute approximate surface area is 107 Å². The number of nitrogens with zero attached hydrogens (tertiary/aromatic N) is 1. The van der Waals surface area contributed by atoms with Crippen molar-refractivity contribution in [3.8, 4) is 0 Å². The number of rotatable bonds is 2. The van der Waals surface area contributed by atoms with Crippen molar-refractivity contribution >= 4 is 0 Å². The highest BCUT2D eigenvalue weighted by atomic mass is 15.2. The average molecular weight is 238 g/mol. The van der Waals surface area contributed by atoms with Crippen molar-refractivity contribution in [2.45, 2.75) is 58.9 Å². The normalized spacial score (nSPS) is 36.0. The molecule has 0 bridgehead atoms. The minimum Gasteiger partial charge on any atom is -0.330 e. The van der Waals surface area contributed by atoms with Gasteiger partial charge in [0.25, 0.3) is 0 Å². The summed E-state index contributed by atoms with van der Waals surface area (Å²) in [5.74, 6) is 1.69. The van der Waals surface area contributed by atoms with Crippen molar-refractivity contribution < 1.29 is 0 Å². The van der Waals surface area contributed by atoms with Crippen molar-refractivity contribution in [2.24, 2.45) is 23.0 Å². The number of likely N-dealkylation sites (tertiary alicyclic amines) is 1. The van der Waals surface area contributed by atoms with Gasteiger partial charge in [-0.05, 0) is 69.0 Å². The molecule has 0 radical (unpaired) electrons. The van der Waals surface area contributed by atoms with Crippen LogP contribution in [0.25, 0.3) is 0 Å². The Bertz CT molecular complexity index is 241. The summed E-state index contributed by atoms with van der Waals surface area (Å²) >= 11 is 0. The molecule has 2 rings (SSSR count). The van der Waals surface area contributed by atoms with E-state index in [1.807, 2.05) is 0 Å². The Morgan fingerprint density at radius 2 is 1.82 bits per heavy atom. The van der Waals surface area contributed by atoms with Crippen LogP contribution in [0.15, 0.2) is 0 Å². The van der Waals surface area contributed by atoms with Crippen LogP contribution in [0.5, 0.6) is 0 Å². The largest absolute Gasteiger partial charge is 0.330 e. The van der Waals surface area contributed by atoms with E-state index >= 15 is 0 Å². The summed E-state index contributed by atoms with van der Waals surface area (Å²) in [6, 6.07) is 0.840. The van der Waals surface area contributed by atoms with Crippen LogP contribution >= 0.6 is 0 Å². The highest BCUT2D eigenvalue weighted by Crippen LogP contribution is 2.41. The first kappa shape index (κ1) is 13.4.